The number of halogens is 4. The summed E-state index contributed by atoms with van der Waals surface area (Å²) >= 11 is 0. The summed E-state index contributed by atoms with van der Waals surface area (Å²) in [4.78, 5) is 0. The molecule has 1 aromatic carbocycles. The number of ether oxygens (including phenoxy) is 2. The molecule has 0 aliphatic heterocycles. The van der Waals surface area contributed by atoms with E-state index in [4.69, 9.17) is 0 Å². The van der Waals surface area contributed by atoms with Crippen molar-refractivity contribution in [3.05, 3.63) is 23.5 Å². The van der Waals surface area contributed by atoms with Gasteiger partial charge in [0.25, 0.3) is 0 Å². The third-order valence-electron chi connectivity index (χ3n) is 1.78. The molecule has 0 saturated carbocycles. The van der Waals surface area contributed by atoms with Gasteiger partial charge in [-0.25, -0.2) is 4.39 Å². The average Bonchev–Trinajstić information content (AvgIpc) is 2.15. The van der Waals surface area contributed by atoms with Crippen LogP contribution in [0, 0.1) is 5.82 Å². The Kier molecular flexibility index (Phi) is 3.06. The normalized spacial score (nSPS) is 11.3. The van der Waals surface area contributed by atoms with Crippen LogP contribution in [0.15, 0.2) is 12.1 Å². The number of hydrogen-bond acceptors (Lipinski definition) is 2. The van der Waals surface area contributed by atoms with Crippen LogP contribution < -0.4 is 9.47 Å². The van der Waals surface area contributed by atoms with Gasteiger partial charge in [0.15, 0.2) is 11.6 Å². The lowest BCUT2D eigenvalue weighted by atomic mass is 10.1. The fourth-order valence-electron chi connectivity index (χ4n) is 1.18. The van der Waals surface area contributed by atoms with Gasteiger partial charge in [0, 0.05) is 0 Å². The van der Waals surface area contributed by atoms with Gasteiger partial charge in [0.05, 0.1) is 14.2 Å². The second-order valence-corrected chi connectivity index (χ2v) is 2.66. The molecule has 0 atom stereocenters. The zero-order valence-electron chi connectivity index (χ0n) is 7.98. The van der Waals surface area contributed by atoms with Crippen LogP contribution in [-0.2, 0) is 6.18 Å². The van der Waals surface area contributed by atoms with E-state index in [9.17, 15) is 17.6 Å². The minimum atomic E-state index is -4.72. The molecule has 0 amide bonds. The minimum absolute atomic E-state index is 0.472. The predicted molar refractivity (Wildman–Crippen MR) is 44.5 cm³/mol. The van der Waals surface area contributed by atoms with Gasteiger partial charge in [-0.1, -0.05) is 0 Å². The zero-order valence-corrected chi connectivity index (χ0v) is 7.98. The van der Waals surface area contributed by atoms with E-state index in [0.29, 0.717) is 0 Å². The molecule has 0 bridgehead atoms. The van der Waals surface area contributed by atoms with E-state index in [0.717, 1.165) is 26.4 Å². The van der Waals surface area contributed by atoms with Crippen molar-refractivity contribution in [1.82, 2.24) is 0 Å². The molecule has 0 unspecified atom stereocenters. The van der Waals surface area contributed by atoms with Crippen molar-refractivity contribution in [3.63, 3.8) is 0 Å². The van der Waals surface area contributed by atoms with Gasteiger partial charge >= 0.3 is 6.18 Å². The first kappa shape index (κ1) is 11.6. The van der Waals surface area contributed by atoms with Crippen LogP contribution in [0.2, 0.25) is 0 Å². The van der Waals surface area contributed by atoms with E-state index >= 15 is 0 Å². The van der Waals surface area contributed by atoms with E-state index < -0.39 is 29.1 Å². The summed E-state index contributed by atoms with van der Waals surface area (Å²) in [6.07, 6.45) is -4.72. The monoisotopic (exact) mass is 224 g/mol. The van der Waals surface area contributed by atoms with Crippen molar-refractivity contribution in [3.8, 4) is 11.5 Å². The molecule has 0 aliphatic rings. The first-order valence-corrected chi connectivity index (χ1v) is 3.89. The summed E-state index contributed by atoms with van der Waals surface area (Å²) in [5.74, 6) is -2.41. The van der Waals surface area contributed by atoms with Gasteiger partial charge in [0.2, 0.25) is 0 Å². The van der Waals surface area contributed by atoms with Gasteiger partial charge in [-0.05, 0) is 12.1 Å². The highest BCUT2D eigenvalue weighted by atomic mass is 19.4. The van der Waals surface area contributed by atoms with E-state index in [2.05, 4.69) is 9.47 Å². The molecule has 6 heteroatoms. The van der Waals surface area contributed by atoms with E-state index in [1.807, 2.05) is 0 Å². The maximum absolute atomic E-state index is 13.0. The van der Waals surface area contributed by atoms with Crippen LogP contribution in [0.3, 0.4) is 0 Å². The highest BCUT2D eigenvalue weighted by Crippen LogP contribution is 2.43. The summed E-state index contributed by atoms with van der Waals surface area (Å²) in [7, 11) is 2.04. The largest absolute Gasteiger partial charge is 0.496 e. The van der Waals surface area contributed by atoms with Gasteiger partial charge < -0.3 is 9.47 Å². The number of benzene rings is 1. The lowest BCUT2D eigenvalue weighted by molar-refractivity contribution is -0.140. The van der Waals surface area contributed by atoms with Crippen LogP contribution in [0.4, 0.5) is 17.6 Å². The Morgan fingerprint density at radius 2 is 1.67 bits per heavy atom. The van der Waals surface area contributed by atoms with Crippen LogP contribution in [0.25, 0.3) is 0 Å². The second kappa shape index (κ2) is 3.96. The molecule has 0 aliphatic carbocycles. The van der Waals surface area contributed by atoms with Crippen LogP contribution in [0.1, 0.15) is 5.56 Å². The highest BCUT2D eigenvalue weighted by Gasteiger charge is 2.39. The first-order valence-electron chi connectivity index (χ1n) is 3.89. The molecular formula is C9H8F4O2. The fraction of sp³-hybridized carbons (Fsp3) is 0.333. The molecular weight excluding hydrogens is 216 g/mol. The Balaban J connectivity index is 3.48. The molecule has 0 radical (unpaired) electrons. The van der Waals surface area contributed by atoms with E-state index in [-0.39, 0.29) is 0 Å². The smallest absolute Gasteiger partial charge is 0.423 e. The second-order valence-electron chi connectivity index (χ2n) is 2.66. The van der Waals surface area contributed by atoms with Crippen molar-refractivity contribution in [1.29, 1.82) is 0 Å². The van der Waals surface area contributed by atoms with Gasteiger partial charge in [-0.2, -0.15) is 13.2 Å². The SMILES string of the molecule is COc1ccc(F)c(OC)c1C(F)(F)F. The topological polar surface area (TPSA) is 18.5 Å². The Labute approximate surface area is 83.4 Å². The highest BCUT2D eigenvalue weighted by molar-refractivity contribution is 5.47. The van der Waals surface area contributed by atoms with Crippen molar-refractivity contribution in [2.75, 3.05) is 14.2 Å². The molecule has 15 heavy (non-hydrogen) atoms. The van der Waals surface area contributed by atoms with Gasteiger partial charge in [-0.3, -0.25) is 0 Å². The summed E-state index contributed by atoms with van der Waals surface area (Å²) in [5, 5.41) is 0. The van der Waals surface area contributed by atoms with Gasteiger partial charge in [-0.15, -0.1) is 0 Å². The Morgan fingerprint density at radius 3 is 2.07 bits per heavy atom. The molecule has 0 spiro atoms. The maximum atomic E-state index is 13.0. The number of rotatable bonds is 2. The van der Waals surface area contributed by atoms with E-state index in [1.165, 1.54) is 0 Å². The van der Waals surface area contributed by atoms with Gasteiger partial charge in [0.1, 0.15) is 11.3 Å². The molecule has 1 aromatic rings. The number of methoxy groups -OCH3 is 2. The zero-order chi connectivity index (χ0) is 11.6. The number of hydrogen-bond donors (Lipinski definition) is 0. The van der Waals surface area contributed by atoms with Crippen molar-refractivity contribution >= 4 is 0 Å². The third-order valence-corrected chi connectivity index (χ3v) is 1.78. The van der Waals surface area contributed by atoms with Crippen LogP contribution in [0.5, 0.6) is 11.5 Å². The maximum Gasteiger partial charge on any atom is 0.423 e. The van der Waals surface area contributed by atoms with Crippen LogP contribution in [-0.4, -0.2) is 14.2 Å². The molecule has 0 N–H and O–H groups in total. The molecule has 0 fully saturated rings. The van der Waals surface area contributed by atoms with Crippen molar-refractivity contribution in [2.45, 2.75) is 6.18 Å². The fourth-order valence-corrected chi connectivity index (χ4v) is 1.18. The lowest BCUT2D eigenvalue weighted by Gasteiger charge is -2.15. The van der Waals surface area contributed by atoms with Crippen molar-refractivity contribution in [2.24, 2.45) is 0 Å². The quantitative estimate of drug-likeness (QED) is 0.719. The van der Waals surface area contributed by atoms with Crippen LogP contribution >= 0.6 is 0 Å². The summed E-state index contributed by atoms with van der Waals surface area (Å²) in [5.41, 5.74) is -1.24. The average molecular weight is 224 g/mol. The summed E-state index contributed by atoms with van der Waals surface area (Å²) < 4.78 is 59.5. The molecule has 0 saturated heterocycles. The van der Waals surface area contributed by atoms with Crippen molar-refractivity contribution < 1.29 is 27.0 Å². The Hall–Kier alpha value is -1.46. The molecule has 84 valence electrons. The Bertz CT molecular complexity index is 360. The lowest BCUT2D eigenvalue weighted by Crippen LogP contribution is -2.11. The standard InChI is InChI=1S/C9H8F4O2/c1-14-6-4-3-5(10)8(15-2)7(6)9(11,12)13/h3-4H,1-2H3. The van der Waals surface area contributed by atoms with E-state index in [1.54, 1.807) is 0 Å². The molecule has 2 nitrogen and oxygen atoms in total. The predicted octanol–water partition coefficient (Wildman–Crippen LogP) is 2.86. The molecule has 0 heterocycles. The minimum Gasteiger partial charge on any atom is -0.496 e. The molecule has 0 aromatic heterocycles. The summed E-state index contributed by atoms with van der Waals surface area (Å²) in [6, 6.07) is 1.76. The third kappa shape index (κ3) is 2.14. The summed E-state index contributed by atoms with van der Waals surface area (Å²) in [6.45, 7) is 0. The first-order chi connectivity index (χ1) is 6.91. The Morgan fingerprint density at radius 1 is 1.07 bits per heavy atom. The number of alkyl halides is 3. The molecule has 1 rings (SSSR count).